The second kappa shape index (κ2) is 6.48. The normalized spacial score (nSPS) is 16.4. The molecule has 126 valence electrons. The first-order chi connectivity index (χ1) is 12.2. The Morgan fingerprint density at radius 2 is 1.76 bits per heavy atom. The van der Waals surface area contributed by atoms with Crippen LogP contribution in [0, 0.1) is 6.92 Å². The molecule has 0 saturated heterocycles. The molecule has 0 spiro atoms. The Hall–Kier alpha value is -3.01. The third kappa shape index (κ3) is 3.03. The molecular weight excluding hydrogens is 312 g/mol. The third-order valence-corrected chi connectivity index (χ3v) is 4.54. The third-order valence-electron chi connectivity index (χ3n) is 4.54. The van der Waals surface area contributed by atoms with E-state index in [-0.39, 0.29) is 12.1 Å². The van der Waals surface area contributed by atoms with Crippen LogP contribution in [0.1, 0.15) is 33.6 Å². The van der Waals surface area contributed by atoms with Crippen LogP contribution in [-0.2, 0) is 6.42 Å². The van der Waals surface area contributed by atoms with Crippen LogP contribution in [0.4, 0.5) is 5.69 Å². The Bertz CT molecular complexity index is 886. The smallest absolute Gasteiger partial charge is 0.257 e. The lowest BCUT2D eigenvalue weighted by atomic mass is 10.1. The van der Waals surface area contributed by atoms with Gasteiger partial charge in [0.15, 0.2) is 6.17 Å². The minimum atomic E-state index is -0.292. The SMILES string of the molecule is Cc1ccc(C2Nc3ccccc3C(=O)N2CCc2ccccc2)o1. The van der Waals surface area contributed by atoms with E-state index in [9.17, 15) is 4.79 Å². The number of anilines is 1. The molecule has 4 rings (SSSR count). The molecule has 1 aliphatic rings. The van der Waals surface area contributed by atoms with E-state index in [0.717, 1.165) is 23.6 Å². The maximum atomic E-state index is 13.1. The summed E-state index contributed by atoms with van der Waals surface area (Å²) in [5.74, 6) is 1.63. The number of carbonyl (C=O) groups excluding carboxylic acids is 1. The Morgan fingerprint density at radius 1 is 1.00 bits per heavy atom. The first kappa shape index (κ1) is 15.5. The van der Waals surface area contributed by atoms with Gasteiger partial charge in [0.25, 0.3) is 5.91 Å². The van der Waals surface area contributed by atoms with Crippen LogP contribution in [0.3, 0.4) is 0 Å². The molecular formula is C21H20N2O2. The van der Waals surface area contributed by atoms with Crippen LogP contribution < -0.4 is 5.32 Å². The summed E-state index contributed by atoms with van der Waals surface area (Å²) >= 11 is 0. The minimum Gasteiger partial charge on any atom is -0.462 e. The molecule has 1 atom stereocenters. The monoisotopic (exact) mass is 332 g/mol. The molecule has 1 aromatic heterocycles. The van der Waals surface area contributed by atoms with E-state index >= 15 is 0 Å². The molecule has 0 fully saturated rings. The number of benzene rings is 2. The molecule has 4 heteroatoms. The zero-order chi connectivity index (χ0) is 17.2. The molecule has 2 aromatic carbocycles. The van der Waals surface area contributed by atoms with Gasteiger partial charge in [0, 0.05) is 12.2 Å². The van der Waals surface area contributed by atoms with Crippen molar-refractivity contribution in [2.45, 2.75) is 19.5 Å². The van der Waals surface area contributed by atoms with Crippen molar-refractivity contribution in [3.8, 4) is 0 Å². The molecule has 0 saturated carbocycles. The van der Waals surface area contributed by atoms with E-state index in [2.05, 4.69) is 17.4 Å². The second-order valence-corrected chi connectivity index (χ2v) is 6.28. The van der Waals surface area contributed by atoms with Crippen molar-refractivity contribution in [2.24, 2.45) is 0 Å². The van der Waals surface area contributed by atoms with Crippen LogP contribution in [0.2, 0.25) is 0 Å². The molecule has 1 unspecified atom stereocenters. The molecule has 1 amide bonds. The summed E-state index contributed by atoms with van der Waals surface area (Å²) in [6.07, 6.45) is 0.506. The molecule has 1 N–H and O–H groups in total. The highest BCUT2D eigenvalue weighted by Gasteiger charge is 2.34. The Labute approximate surface area is 147 Å². The van der Waals surface area contributed by atoms with Gasteiger partial charge < -0.3 is 14.6 Å². The molecule has 0 aliphatic carbocycles. The largest absolute Gasteiger partial charge is 0.462 e. The fourth-order valence-corrected chi connectivity index (χ4v) is 3.24. The van der Waals surface area contributed by atoms with E-state index in [4.69, 9.17) is 4.42 Å². The predicted octanol–water partition coefficient (Wildman–Crippen LogP) is 4.40. The first-order valence-electron chi connectivity index (χ1n) is 8.49. The number of furan rings is 1. The maximum Gasteiger partial charge on any atom is 0.257 e. The zero-order valence-corrected chi connectivity index (χ0v) is 14.1. The number of hydrogen-bond acceptors (Lipinski definition) is 3. The van der Waals surface area contributed by atoms with Crippen molar-refractivity contribution < 1.29 is 9.21 Å². The lowest BCUT2D eigenvalue weighted by molar-refractivity contribution is 0.0665. The van der Waals surface area contributed by atoms with E-state index in [1.54, 1.807) is 0 Å². The van der Waals surface area contributed by atoms with E-state index in [0.29, 0.717) is 12.1 Å². The number of aryl methyl sites for hydroxylation is 1. The lowest BCUT2D eigenvalue weighted by Gasteiger charge is -2.36. The van der Waals surface area contributed by atoms with Crippen molar-refractivity contribution in [3.63, 3.8) is 0 Å². The summed E-state index contributed by atoms with van der Waals surface area (Å²) in [5, 5.41) is 3.45. The van der Waals surface area contributed by atoms with Crippen LogP contribution in [0.25, 0.3) is 0 Å². The molecule has 2 heterocycles. The number of nitrogens with zero attached hydrogens (tertiary/aromatic N) is 1. The first-order valence-corrected chi connectivity index (χ1v) is 8.49. The van der Waals surface area contributed by atoms with Gasteiger partial charge in [-0.3, -0.25) is 4.79 Å². The summed E-state index contributed by atoms with van der Waals surface area (Å²) in [6, 6.07) is 21.7. The van der Waals surface area contributed by atoms with Crippen LogP contribution in [0.15, 0.2) is 71.1 Å². The van der Waals surface area contributed by atoms with E-state index < -0.39 is 0 Å². The zero-order valence-electron chi connectivity index (χ0n) is 14.1. The van der Waals surface area contributed by atoms with Crippen molar-refractivity contribution in [2.75, 3.05) is 11.9 Å². The van der Waals surface area contributed by atoms with Gasteiger partial charge in [-0.25, -0.2) is 0 Å². The number of rotatable bonds is 4. The van der Waals surface area contributed by atoms with Gasteiger partial charge in [0.05, 0.1) is 5.56 Å². The van der Waals surface area contributed by atoms with Gasteiger partial charge >= 0.3 is 0 Å². The number of para-hydroxylation sites is 1. The predicted molar refractivity (Wildman–Crippen MR) is 97.4 cm³/mol. The lowest BCUT2D eigenvalue weighted by Crippen LogP contribution is -2.43. The molecule has 1 aliphatic heterocycles. The summed E-state index contributed by atoms with van der Waals surface area (Å²) < 4.78 is 5.81. The number of fused-ring (bicyclic) bond motifs is 1. The fourth-order valence-electron chi connectivity index (χ4n) is 3.24. The van der Waals surface area contributed by atoms with Crippen molar-refractivity contribution in [1.82, 2.24) is 4.90 Å². The Balaban J connectivity index is 1.66. The van der Waals surface area contributed by atoms with E-state index in [1.165, 1.54) is 5.56 Å². The molecule has 3 aromatic rings. The highest BCUT2D eigenvalue weighted by Crippen LogP contribution is 2.33. The topological polar surface area (TPSA) is 45.5 Å². The van der Waals surface area contributed by atoms with Gasteiger partial charge in [0.2, 0.25) is 0 Å². The Kier molecular flexibility index (Phi) is 4.02. The molecule has 25 heavy (non-hydrogen) atoms. The van der Waals surface area contributed by atoms with Gasteiger partial charge in [-0.05, 0) is 43.2 Å². The summed E-state index contributed by atoms with van der Waals surface area (Å²) in [5.41, 5.74) is 2.76. The number of carbonyl (C=O) groups is 1. The minimum absolute atomic E-state index is 0.0318. The fraction of sp³-hybridized carbons (Fsp3) is 0.190. The van der Waals surface area contributed by atoms with Crippen molar-refractivity contribution in [1.29, 1.82) is 0 Å². The maximum absolute atomic E-state index is 13.1. The van der Waals surface area contributed by atoms with E-state index in [1.807, 2.05) is 66.4 Å². The summed E-state index contributed by atoms with van der Waals surface area (Å²) in [4.78, 5) is 14.9. The van der Waals surface area contributed by atoms with Gasteiger partial charge in [-0.1, -0.05) is 42.5 Å². The van der Waals surface area contributed by atoms with Crippen molar-refractivity contribution >= 4 is 11.6 Å². The number of amides is 1. The average molecular weight is 332 g/mol. The summed E-state index contributed by atoms with van der Waals surface area (Å²) in [6.45, 7) is 2.53. The quantitative estimate of drug-likeness (QED) is 0.770. The van der Waals surface area contributed by atoms with Crippen LogP contribution >= 0.6 is 0 Å². The molecule has 0 radical (unpaired) electrons. The van der Waals surface area contributed by atoms with Crippen LogP contribution in [-0.4, -0.2) is 17.4 Å². The second-order valence-electron chi connectivity index (χ2n) is 6.28. The average Bonchev–Trinajstić information content (AvgIpc) is 3.08. The molecule has 0 bridgehead atoms. The van der Waals surface area contributed by atoms with Gasteiger partial charge in [0.1, 0.15) is 11.5 Å². The van der Waals surface area contributed by atoms with Gasteiger partial charge in [-0.2, -0.15) is 0 Å². The number of hydrogen-bond donors (Lipinski definition) is 1. The standard InChI is InChI=1S/C21H20N2O2/c1-15-11-12-19(25-15)20-22-18-10-6-5-9-17(18)21(24)23(20)14-13-16-7-3-2-4-8-16/h2-12,20,22H,13-14H2,1H3. The van der Waals surface area contributed by atoms with Crippen molar-refractivity contribution in [3.05, 3.63) is 89.4 Å². The molecule has 4 nitrogen and oxygen atoms in total. The Morgan fingerprint density at radius 3 is 2.52 bits per heavy atom. The van der Waals surface area contributed by atoms with Gasteiger partial charge in [-0.15, -0.1) is 0 Å². The summed E-state index contributed by atoms with van der Waals surface area (Å²) in [7, 11) is 0. The highest BCUT2D eigenvalue weighted by atomic mass is 16.3. The number of nitrogens with one attached hydrogen (secondary N) is 1. The van der Waals surface area contributed by atoms with Crippen LogP contribution in [0.5, 0.6) is 0 Å². The highest BCUT2D eigenvalue weighted by molar-refractivity contribution is 6.01.